The Balaban J connectivity index is 1.72. The number of aryl methyl sites for hydroxylation is 2. The fourth-order valence-corrected chi connectivity index (χ4v) is 2.04. The maximum Gasteiger partial charge on any atom is 0.257 e. The van der Waals surface area contributed by atoms with E-state index in [1.54, 1.807) is 6.07 Å². The third kappa shape index (κ3) is 4.88. The van der Waals surface area contributed by atoms with Crippen molar-refractivity contribution in [1.82, 2.24) is 5.32 Å². The van der Waals surface area contributed by atoms with E-state index in [0.717, 1.165) is 11.1 Å². The van der Waals surface area contributed by atoms with Crippen LogP contribution in [-0.2, 0) is 11.2 Å². The SMILES string of the molecule is Cc1ccc(OCC(=O)NCCc2cccc(F)c2)cc1C. The fourth-order valence-electron chi connectivity index (χ4n) is 2.04. The largest absolute Gasteiger partial charge is 0.484 e. The van der Waals surface area contributed by atoms with Gasteiger partial charge in [0.25, 0.3) is 5.91 Å². The van der Waals surface area contributed by atoms with Crippen LogP contribution in [-0.4, -0.2) is 19.1 Å². The summed E-state index contributed by atoms with van der Waals surface area (Å²) in [6, 6.07) is 12.1. The molecule has 1 amide bonds. The minimum absolute atomic E-state index is 0.0222. The van der Waals surface area contributed by atoms with Gasteiger partial charge in [0, 0.05) is 6.54 Å². The molecule has 0 aromatic heterocycles. The number of nitrogens with one attached hydrogen (secondary N) is 1. The van der Waals surface area contributed by atoms with Gasteiger partial charge in [-0.3, -0.25) is 4.79 Å². The van der Waals surface area contributed by atoms with Gasteiger partial charge in [-0.1, -0.05) is 18.2 Å². The van der Waals surface area contributed by atoms with Crippen LogP contribution in [0.2, 0.25) is 0 Å². The predicted molar refractivity (Wildman–Crippen MR) is 84.5 cm³/mol. The highest BCUT2D eigenvalue weighted by atomic mass is 19.1. The maximum atomic E-state index is 13.0. The molecular formula is C18H20FNO2. The highest BCUT2D eigenvalue weighted by Gasteiger charge is 2.04. The number of hydrogen-bond donors (Lipinski definition) is 1. The van der Waals surface area contributed by atoms with Crippen LogP contribution in [0.5, 0.6) is 5.75 Å². The van der Waals surface area contributed by atoms with Crippen LogP contribution in [0, 0.1) is 19.7 Å². The maximum absolute atomic E-state index is 13.0. The Morgan fingerprint density at radius 2 is 1.95 bits per heavy atom. The zero-order chi connectivity index (χ0) is 15.9. The lowest BCUT2D eigenvalue weighted by Crippen LogP contribution is -2.30. The van der Waals surface area contributed by atoms with Crippen molar-refractivity contribution in [2.24, 2.45) is 0 Å². The summed E-state index contributed by atoms with van der Waals surface area (Å²) in [5.74, 6) is 0.236. The molecule has 0 saturated heterocycles. The molecule has 0 aliphatic heterocycles. The predicted octanol–water partition coefficient (Wildman–Crippen LogP) is 3.18. The van der Waals surface area contributed by atoms with Crippen LogP contribution >= 0.6 is 0 Å². The normalized spacial score (nSPS) is 10.3. The third-order valence-electron chi connectivity index (χ3n) is 3.47. The molecule has 0 aliphatic carbocycles. The smallest absolute Gasteiger partial charge is 0.257 e. The van der Waals surface area contributed by atoms with Crippen LogP contribution in [0.25, 0.3) is 0 Å². The van der Waals surface area contributed by atoms with Crippen LogP contribution in [0.15, 0.2) is 42.5 Å². The van der Waals surface area contributed by atoms with Gasteiger partial charge in [-0.05, 0) is 61.2 Å². The van der Waals surface area contributed by atoms with Gasteiger partial charge in [0.15, 0.2) is 6.61 Å². The Hall–Kier alpha value is -2.36. The Bertz CT molecular complexity index is 655. The monoisotopic (exact) mass is 301 g/mol. The van der Waals surface area contributed by atoms with Crippen molar-refractivity contribution in [1.29, 1.82) is 0 Å². The van der Waals surface area contributed by atoms with E-state index in [9.17, 15) is 9.18 Å². The zero-order valence-corrected chi connectivity index (χ0v) is 12.9. The fraction of sp³-hybridized carbons (Fsp3) is 0.278. The first-order valence-electron chi connectivity index (χ1n) is 7.26. The number of benzene rings is 2. The molecule has 1 N–H and O–H groups in total. The van der Waals surface area contributed by atoms with E-state index in [-0.39, 0.29) is 18.3 Å². The lowest BCUT2D eigenvalue weighted by Gasteiger charge is -2.09. The Kier molecular flexibility index (Phi) is 5.53. The third-order valence-corrected chi connectivity index (χ3v) is 3.47. The zero-order valence-electron chi connectivity index (χ0n) is 12.9. The average molecular weight is 301 g/mol. The molecule has 0 fully saturated rings. The van der Waals surface area contributed by atoms with E-state index in [4.69, 9.17) is 4.74 Å². The van der Waals surface area contributed by atoms with Gasteiger partial charge in [0.05, 0.1) is 0 Å². The van der Waals surface area contributed by atoms with E-state index in [0.29, 0.717) is 18.7 Å². The summed E-state index contributed by atoms with van der Waals surface area (Å²) in [4.78, 5) is 11.7. The van der Waals surface area contributed by atoms with Gasteiger partial charge >= 0.3 is 0 Å². The van der Waals surface area contributed by atoms with Gasteiger partial charge in [0.1, 0.15) is 11.6 Å². The number of rotatable bonds is 6. The van der Waals surface area contributed by atoms with Crippen LogP contribution in [0.1, 0.15) is 16.7 Å². The van der Waals surface area contributed by atoms with Crippen molar-refractivity contribution >= 4 is 5.91 Å². The van der Waals surface area contributed by atoms with Crippen LogP contribution in [0.3, 0.4) is 0 Å². The van der Waals surface area contributed by atoms with Crippen molar-refractivity contribution in [3.8, 4) is 5.75 Å². The Morgan fingerprint density at radius 3 is 2.68 bits per heavy atom. The standard InChI is InChI=1S/C18H20FNO2/c1-13-6-7-17(10-14(13)2)22-12-18(21)20-9-8-15-4-3-5-16(19)11-15/h3-7,10-11H,8-9,12H2,1-2H3,(H,20,21). The molecule has 0 bridgehead atoms. The second-order valence-electron chi connectivity index (χ2n) is 5.26. The molecule has 22 heavy (non-hydrogen) atoms. The van der Waals surface area contributed by atoms with E-state index in [1.165, 1.54) is 17.7 Å². The minimum Gasteiger partial charge on any atom is -0.484 e. The first-order chi connectivity index (χ1) is 10.5. The summed E-state index contributed by atoms with van der Waals surface area (Å²) < 4.78 is 18.5. The molecule has 0 unspecified atom stereocenters. The van der Waals surface area contributed by atoms with Crippen LogP contribution < -0.4 is 10.1 Å². The highest BCUT2D eigenvalue weighted by Crippen LogP contribution is 2.16. The molecule has 0 heterocycles. The summed E-state index contributed by atoms with van der Waals surface area (Å²) in [6.07, 6.45) is 0.590. The Morgan fingerprint density at radius 1 is 1.14 bits per heavy atom. The lowest BCUT2D eigenvalue weighted by molar-refractivity contribution is -0.123. The summed E-state index contributed by atoms with van der Waals surface area (Å²) in [7, 11) is 0. The molecular weight excluding hydrogens is 281 g/mol. The molecule has 116 valence electrons. The van der Waals surface area contributed by atoms with E-state index < -0.39 is 0 Å². The second kappa shape index (κ2) is 7.59. The molecule has 4 heteroatoms. The molecule has 2 aromatic carbocycles. The molecule has 2 rings (SSSR count). The first-order valence-corrected chi connectivity index (χ1v) is 7.26. The highest BCUT2D eigenvalue weighted by molar-refractivity contribution is 5.77. The number of ether oxygens (including phenoxy) is 1. The van der Waals surface area contributed by atoms with Crippen LogP contribution in [0.4, 0.5) is 4.39 Å². The quantitative estimate of drug-likeness (QED) is 0.890. The van der Waals surface area contributed by atoms with Gasteiger partial charge in [-0.25, -0.2) is 4.39 Å². The summed E-state index contributed by atoms with van der Waals surface area (Å²) >= 11 is 0. The number of carbonyl (C=O) groups excluding carboxylic acids is 1. The summed E-state index contributed by atoms with van der Waals surface area (Å²) in [5.41, 5.74) is 3.17. The summed E-state index contributed by atoms with van der Waals surface area (Å²) in [5, 5.41) is 2.76. The lowest BCUT2D eigenvalue weighted by atomic mass is 10.1. The molecule has 0 spiro atoms. The van der Waals surface area contributed by atoms with Crippen molar-refractivity contribution in [3.63, 3.8) is 0 Å². The summed E-state index contributed by atoms with van der Waals surface area (Å²) in [6.45, 7) is 4.46. The van der Waals surface area contributed by atoms with E-state index in [1.807, 2.05) is 38.1 Å². The Labute approximate surface area is 130 Å². The van der Waals surface area contributed by atoms with Gasteiger partial charge in [0.2, 0.25) is 0 Å². The first kappa shape index (κ1) is 16.0. The number of carbonyl (C=O) groups is 1. The van der Waals surface area contributed by atoms with Crippen molar-refractivity contribution in [2.45, 2.75) is 20.3 Å². The average Bonchev–Trinajstić information content (AvgIpc) is 2.48. The number of amides is 1. The van der Waals surface area contributed by atoms with Gasteiger partial charge in [-0.2, -0.15) is 0 Å². The van der Waals surface area contributed by atoms with E-state index in [2.05, 4.69) is 5.32 Å². The number of halogens is 1. The minimum atomic E-state index is -0.262. The molecule has 2 aromatic rings. The van der Waals surface area contributed by atoms with E-state index >= 15 is 0 Å². The molecule has 0 radical (unpaired) electrons. The number of hydrogen-bond acceptors (Lipinski definition) is 2. The van der Waals surface area contributed by atoms with Gasteiger partial charge in [-0.15, -0.1) is 0 Å². The topological polar surface area (TPSA) is 38.3 Å². The van der Waals surface area contributed by atoms with Crippen molar-refractivity contribution in [3.05, 3.63) is 65.0 Å². The second-order valence-corrected chi connectivity index (χ2v) is 5.26. The van der Waals surface area contributed by atoms with Crippen molar-refractivity contribution < 1.29 is 13.9 Å². The van der Waals surface area contributed by atoms with Gasteiger partial charge < -0.3 is 10.1 Å². The molecule has 3 nitrogen and oxygen atoms in total. The van der Waals surface area contributed by atoms with Crippen molar-refractivity contribution in [2.75, 3.05) is 13.2 Å². The molecule has 0 aliphatic rings. The molecule has 0 saturated carbocycles. The molecule has 0 atom stereocenters.